The summed E-state index contributed by atoms with van der Waals surface area (Å²) in [7, 11) is 1.96. The van der Waals surface area contributed by atoms with E-state index in [1.165, 1.54) is 19.3 Å². The molecule has 0 bridgehead atoms. The number of rotatable bonds is 4. The summed E-state index contributed by atoms with van der Waals surface area (Å²) in [5.74, 6) is 0.0463. The van der Waals surface area contributed by atoms with Crippen LogP contribution in [-0.4, -0.2) is 23.5 Å². The molecular weight excluding hydrogens is 306 g/mol. The number of carbonyl (C=O) groups is 1. The lowest BCUT2D eigenvalue weighted by Gasteiger charge is -2.36. The van der Waals surface area contributed by atoms with Crippen molar-refractivity contribution in [3.8, 4) is 0 Å². The molecule has 1 saturated carbocycles. The lowest BCUT2D eigenvalue weighted by Crippen LogP contribution is -2.47. The Morgan fingerprint density at radius 1 is 1.42 bits per heavy atom. The van der Waals surface area contributed by atoms with Crippen LogP contribution in [-0.2, 0) is 4.79 Å². The molecule has 1 fully saturated rings. The molecule has 0 spiro atoms. The molecule has 1 aliphatic carbocycles. The fourth-order valence-electron chi connectivity index (χ4n) is 2.72. The molecule has 0 saturated heterocycles. The maximum atomic E-state index is 12.2. The van der Waals surface area contributed by atoms with E-state index in [-0.39, 0.29) is 11.4 Å². The van der Waals surface area contributed by atoms with Gasteiger partial charge in [-0.3, -0.25) is 4.79 Å². The second-order valence-electron chi connectivity index (χ2n) is 5.16. The van der Waals surface area contributed by atoms with Crippen molar-refractivity contribution >= 4 is 27.5 Å². The summed E-state index contributed by atoms with van der Waals surface area (Å²) in [6, 6.07) is 3.66. The molecular formula is C14H20BrN3O. The predicted molar refractivity (Wildman–Crippen MR) is 80.1 cm³/mol. The number of hydrogen-bond donors (Lipinski definition) is 2. The first kappa shape index (κ1) is 14.5. The lowest BCUT2D eigenvalue weighted by molar-refractivity contribution is -0.117. The quantitative estimate of drug-likeness (QED) is 0.836. The lowest BCUT2D eigenvalue weighted by atomic mass is 9.79. The molecule has 1 aromatic heterocycles. The van der Waals surface area contributed by atoms with Gasteiger partial charge >= 0.3 is 0 Å². The number of aromatic nitrogens is 1. The van der Waals surface area contributed by atoms with Gasteiger partial charge in [0.2, 0.25) is 5.91 Å². The third-order valence-electron chi connectivity index (χ3n) is 3.87. The Balaban J connectivity index is 1.98. The smallest absolute Gasteiger partial charge is 0.226 e. The van der Waals surface area contributed by atoms with Crippen molar-refractivity contribution in [2.45, 2.75) is 44.1 Å². The van der Waals surface area contributed by atoms with Crippen LogP contribution in [0, 0.1) is 0 Å². The number of nitrogens with zero attached hydrogens (tertiary/aromatic N) is 1. The molecule has 1 heterocycles. The van der Waals surface area contributed by atoms with E-state index in [2.05, 4.69) is 31.5 Å². The largest absolute Gasteiger partial charge is 0.324 e. The van der Waals surface area contributed by atoms with E-state index >= 15 is 0 Å². The molecule has 104 valence electrons. The molecule has 0 aliphatic heterocycles. The topological polar surface area (TPSA) is 54.0 Å². The van der Waals surface area contributed by atoms with Crippen LogP contribution in [0.15, 0.2) is 22.9 Å². The first-order chi connectivity index (χ1) is 9.15. The summed E-state index contributed by atoms with van der Waals surface area (Å²) in [5, 5.41) is 6.29. The second kappa shape index (κ2) is 6.48. The zero-order valence-electron chi connectivity index (χ0n) is 11.2. The van der Waals surface area contributed by atoms with Gasteiger partial charge in [-0.2, -0.15) is 0 Å². The number of carbonyl (C=O) groups excluding carboxylic acids is 1. The minimum Gasteiger partial charge on any atom is -0.324 e. The molecule has 0 radical (unpaired) electrons. The van der Waals surface area contributed by atoms with Crippen molar-refractivity contribution in [2.24, 2.45) is 0 Å². The number of nitrogens with one attached hydrogen (secondary N) is 2. The van der Waals surface area contributed by atoms with Crippen LogP contribution in [0.3, 0.4) is 0 Å². The zero-order chi connectivity index (χ0) is 13.7. The standard InChI is InChI=1S/C14H20BrN3O/c1-16-14(7-3-2-4-8-14)10-12(19)18-11-6-5-9-17-13(11)15/h5-6,9,16H,2-4,7-8,10H2,1H3,(H,18,19). The van der Waals surface area contributed by atoms with Crippen molar-refractivity contribution in [1.82, 2.24) is 10.3 Å². The summed E-state index contributed by atoms with van der Waals surface area (Å²) in [6.07, 6.45) is 8.03. The Bertz CT molecular complexity index is 444. The minimum atomic E-state index is -0.0307. The van der Waals surface area contributed by atoms with E-state index < -0.39 is 0 Å². The highest BCUT2D eigenvalue weighted by molar-refractivity contribution is 9.10. The maximum absolute atomic E-state index is 12.2. The third-order valence-corrected chi connectivity index (χ3v) is 4.51. The summed E-state index contributed by atoms with van der Waals surface area (Å²) in [6.45, 7) is 0. The Labute approximate surface area is 122 Å². The van der Waals surface area contributed by atoms with Gasteiger partial charge in [-0.25, -0.2) is 4.98 Å². The number of amides is 1. The summed E-state index contributed by atoms with van der Waals surface area (Å²) in [4.78, 5) is 16.3. The van der Waals surface area contributed by atoms with Crippen LogP contribution in [0.5, 0.6) is 0 Å². The van der Waals surface area contributed by atoms with Crippen molar-refractivity contribution in [3.63, 3.8) is 0 Å². The molecule has 0 unspecified atom stereocenters. The monoisotopic (exact) mass is 325 g/mol. The van der Waals surface area contributed by atoms with Crippen molar-refractivity contribution in [3.05, 3.63) is 22.9 Å². The molecule has 19 heavy (non-hydrogen) atoms. The van der Waals surface area contributed by atoms with Gasteiger partial charge in [0.15, 0.2) is 0 Å². The van der Waals surface area contributed by atoms with Crippen LogP contribution < -0.4 is 10.6 Å². The maximum Gasteiger partial charge on any atom is 0.226 e. The Morgan fingerprint density at radius 2 is 2.16 bits per heavy atom. The highest BCUT2D eigenvalue weighted by Gasteiger charge is 2.32. The molecule has 5 heteroatoms. The van der Waals surface area contributed by atoms with E-state index in [1.807, 2.05) is 19.2 Å². The van der Waals surface area contributed by atoms with Gasteiger partial charge < -0.3 is 10.6 Å². The predicted octanol–water partition coefficient (Wildman–Crippen LogP) is 3.10. The number of pyridine rings is 1. The molecule has 2 N–H and O–H groups in total. The van der Waals surface area contributed by atoms with E-state index in [9.17, 15) is 4.79 Å². The average Bonchev–Trinajstić information content (AvgIpc) is 2.42. The molecule has 1 amide bonds. The van der Waals surface area contributed by atoms with Gasteiger partial charge in [-0.15, -0.1) is 0 Å². The van der Waals surface area contributed by atoms with Gasteiger partial charge in [-0.05, 0) is 48.0 Å². The van der Waals surface area contributed by atoms with Crippen LogP contribution in [0.1, 0.15) is 38.5 Å². The van der Waals surface area contributed by atoms with Gasteiger partial charge in [0.25, 0.3) is 0 Å². The fourth-order valence-corrected chi connectivity index (χ4v) is 3.07. The van der Waals surface area contributed by atoms with Crippen LogP contribution in [0.4, 0.5) is 5.69 Å². The van der Waals surface area contributed by atoms with Gasteiger partial charge in [0, 0.05) is 18.2 Å². The van der Waals surface area contributed by atoms with Crippen LogP contribution in [0.25, 0.3) is 0 Å². The Morgan fingerprint density at radius 3 is 2.79 bits per heavy atom. The highest BCUT2D eigenvalue weighted by atomic mass is 79.9. The van der Waals surface area contributed by atoms with E-state index in [0.717, 1.165) is 18.5 Å². The molecule has 2 rings (SSSR count). The Kier molecular flexibility index (Phi) is 4.93. The van der Waals surface area contributed by atoms with E-state index in [4.69, 9.17) is 0 Å². The minimum absolute atomic E-state index is 0.0307. The molecule has 1 aliphatic rings. The first-order valence-corrected chi connectivity index (χ1v) is 7.54. The van der Waals surface area contributed by atoms with Crippen LogP contribution in [0.2, 0.25) is 0 Å². The van der Waals surface area contributed by atoms with E-state index in [0.29, 0.717) is 11.0 Å². The SMILES string of the molecule is CNC1(CC(=O)Nc2cccnc2Br)CCCCC1. The summed E-state index contributed by atoms with van der Waals surface area (Å²) < 4.78 is 0.672. The fraction of sp³-hybridized carbons (Fsp3) is 0.571. The highest BCUT2D eigenvalue weighted by Crippen LogP contribution is 2.31. The van der Waals surface area contributed by atoms with Gasteiger partial charge in [-0.1, -0.05) is 19.3 Å². The summed E-state index contributed by atoms with van der Waals surface area (Å²) >= 11 is 3.34. The first-order valence-electron chi connectivity index (χ1n) is 6.74. The van der Waals surface area contributed by atoms with Gasteiger partial charge in [0.05, 0.1) is 5.69 Å². The van der Waals surface area contributed by atoms with Crippen molar-refractivity contribution < 1.29 is 4.79 Å². The number of anilines is 1. The molecule has 0 atom stereocenters. The normalized spacial score (nSPS) is 18.0. The second-order valence-corrected chi connectivity index (χ2v) is 5.91. The molecule has 4 nitrogen and oxygen atoms in total. The van der Waals surface area contributed by atoms with Crippen molar-refractivity contribution in [2.75, 3.05) is 12.4 Å². The van der Waals surface area contributed by atoms with Gasteiger partial charge in [0.1, 0.15) is 4.60 Å². The summed E-state index contributed by atoms with van der Waals surface area (Å²) in [5.41, 5.74) is 0.700. The third kappa shape index (κ3) is 3.76. The molecule has 0 aromatic carbocycles. The van der Waals surface area contributed by atoms with Crippen molar-refractivity contribution in [1.29, 1.82) is 0 Å². The number of halogens is 1. The number of hydrogen-bond acceptors (Lipinski definition) is 3. The van der Waals surface area contributed by atoms with Crippen LogP contribution >= 0.6 is 15.9 Å². The average molecular weight is 326 g/mol. The van der Waals surface area contributed by atoms with E-state index in [1.54, 1.807) is 6.20 Å². The molecule has 1 aromatic rings. The Hall–Kier alpha value is -0.940. The zero-order valence-corrected chi connectivity index (χ0v) is 12.8.